The lowest BCUT2D eigenvalue weighted by molar-refractivity contribution is -0.120. The molecule has 2 aromatic rings. The standard InChI is InChI=1S/C21H27ClN4O3/c1-23-21(26(2)12-13-29-19-10-6-17(22)7-11-19)25-15-20(27)24-14-16-4-8-18(28-3)9-5-16/h4-11H,12-15H2,1-3H3,(H,23,25)(H,24,27). The summed E-state index contributed by atoms with van der Waals surface area (Å²) >= 11 is 5.86. The molecule has 0 spiro atoms. The van der Waals surface area contributed by atoms with Gasteiger partial charge in [0.2, 0.25) is 5.91 Å². The summed E-state index contributed by atoms with van der Waals surface area (Å²) < 4.78 is 10.8. The zero-order valence-electron chi connectivity index (χ0n) is 16.9. The first kappa shape index (κ1) is 22.4. The van der Waals surface area contributed by atoms with Gasteiger partial charge in [0.1, 0.15) is 18.1 Å². The number of ether oxygens (including phenoxy) is 2. The molecule has 29 heavy (non-hydrogen) atoms. The van der Waals surface area contributed by atoms with Crippen molar-refractivity contribution >= 4 is 23.5 Å². The Bertz CT molecular complexity index is 795. The first-order chi connectivity index (χ1) is 14.0. The highest BCUT2D eigenvalue weighted by Gasteiger charge is 2.08. The van der Waals surface area contributed by atoms with Crippen molar-refractivity contribution in [2.45, 2.75) is 6.54 Å². The van der Waals surface area contributed by atoms with Gasteiger partial charge in [0, 0.05) is 25.7 Å². The number of likely N-dealkylation sites (N-methyl/N-ethyl adjacent to an activating group) is 1. The first-order valence-corrected chi connectivity index (χ1v) is 9.59. The van der Waals surface area contributed by atoms with Gasteiger partial charge in [-0.05, 0) is 42.0 Å². The van der Waals surface area contributed by atoms with Crippen LogP contribution in [0.15, 0.2) is 53.5 Å². The Morgan fingerprint density at radius 1 is 1.07 bits per heavy atom. The summed E-state index contributed by atoms with van der Waals surface area (Å²) in [6.07, 6.45) is 0. The van der Waals surface area contributed by atoms with Crippen LogP contribution in [-0.4, -0.2) is 57.7 Å². The van der Waals surface area contributed by atoms with E-state index >= 15 is 0 Å². The van der Waals surface area contributed by atoms with E-state index in [-0.39, 0.29) is 12.5 Å². The van der Waals surface area contributed by atoms with E-state index in [0.717, 1.165) is 17.1 Å². The third-order valence-electron chi connectivity index (χ3n) is 4.14. The predicted molar refractivity (Wildman–Crippen MR) is 116 cm³/mol. The summed E-state index contributed by atoms with van der Waals surface area (Å²) in [5, 5.41) is 6.59. The Labute approximate surface area is 176 Å². The molecule has 2 rings (SSSR count). The fourth-order valence-electron chi connectivity index (χ4n) is 2.49. The van der Waals surface area contributed by atoms with E-state index in [1.165, 1.54) is 0 Å². The van der Waals surface area contributed by atoms with Crippen LogP contribution in [0.25, 0.3) is 0 Å². The highest BCUT2D eigenvalue weighted by Crippen LogP contribution is 2.15. The summed E-state index contributed by atoms with van der Waals surface area (Å²) in [6, 6.07) is 14.8. The molecule has 0 saturated heterocycles. The van der Waals surface area contributed by atoms with Gasteiger partial charge in [0.25, 0.3) is 0 Å². The number of halogens is 1. The van der Waals surface area contributed by atoms with Gasteiger partial charge in [-0.15, -0.1) is 0 Å². The fraction of sp³-hybridized carbons (Fsp3) is 0.333. The summed E-state index contributed by atoms with van der Waals surface area (Å²) in [4.78, 5) is 18.2. The van der Waals surface area contributed by atoms with Crippen LogP contribution in [0.1, 0.15) is 5.56 Å². The molecule has 0 atom stereocenters. The maximum atomic E-state index is 12.1. The van der Waals surface area contributed by atoms with Gasteiger partial charge < -0.3 is 25.0 Å². The molecule has 0 radical (unpaired) electrons. The number of carbonyl (C=O) groups excluding carboxylic acids is 1. The van der Waals surface area contributed by atoms with Gasteiger partial charge in [-0.2, -0.15) is 0 Å². The molecule has 0 fully saturated rings. The highest BCUT2D eigenvalue weighted by atomic mass is 35.5. The molecule has 0 aromatic heterocycles. The molecule has 0 aliphatic rings. The van der Waals surface area contributed by atoms with Crippen LogP contribution in [0.3, 0.4) is 0 Å². The zero-order chi connectivity index (χ0) is 21.1. The normalized spacial score (nSPS) is 11.0. The van der Waals surface area contributed by atoms with E-state index in [1.807, 2.05) is 48.3 Å². The number of hydrogen-bond donors (Lipinski definition) is 2. The Balaban J connectivity index is 1.69. The highest BCUT2D eigenvalue weighted by molar-refractivity contribution is 6.30. The van der Waals surface area contributed by atoms with Crippen molar-refractivity contribution in [2.24, 2.45) is 4.99 Å². The number of aliphatic imine (C=N–C) groups is 1. The van der Waals surface area contributed by atoms with Crippen LogP contribution in [0.4, 0.5) is 0 Å². The topological polar surface area (TPSA) is 75.2 Å². The Morgan fingerprint density at radius 3 is 2.34 bits per heavy atom. The van der Waals surface area contributed by atoms with Crippen LogP contribution in [0, 0.1) is 0 Å². The molecular formula is C21H27ClN4O3. The van der Waals surface area contributed by atoms with E-state index in [2.05, 4.69) is 15.6 Å². The van der Waals surface area contributed by atoms with E-state index in [4.69, 9.17) is 21.1 Å². The van der Waals surface area contributed by atoms with Crippen molar-refractivity contribution in [2.75, 3.05) is 40.9 Å². The van der Waals surface area contributed by atoms with E-state index in [1.54, 1.807) is 26.3 Å². The van der Waals surface area contributed by atoms with Crippen molar-refractivity contribution < 1.29 is 14.3 Å². The van der Waals surface area contributed by atoms with E-state index < -0.39 is 0 Å². The van der Waals surface area contributed by atoms with Gasteiger partial charge >= 0.3 is 0 Å². The van der Waals surface area contributed by atoms with Gasteiger partial charge in [-0.3, -0.25) is 9.79 Å². The second kappa shape index (κ2) is 11.8. The zero-order valence-corrected chi connectivity index (χ0v) is 17.7. The summed E-state index contributed by atoms with van der Waals surface area (Å²) in [7, 11) is 5.18. The SMILES string of the molecule is CN=C(NCC(=O)NCc1ccc(OC)cc1)N(C)CCOc1ccc(Cl)cc1. The molecule has 7 nitrogen and oxygen atoms in total. The van der Waals surface area contributed by atoms with Crippen LogP contribution in [0.2, 0.25) is 5.02 Å². The molecule has 156 valence electrons. The fourth-order valence-corrected chi connectivity index (χ4v) is 2.61. The van der Waals surface area contributed by atoms with Gasteiger partial charge in [-0.25, -0.2) is 0 Å². The molecule has 0 aliphatic carbocycles. The molecule has 2 N–H and O–H groups in total. The summed E-state index contributed by atoms with van der Waals surface area (Å²) in [5.74, 6) is 2.04. The Morgan fingerprint density at radius 2 is 1.72 bits per heavy atom. The van der Waals surface area contributed by atoms with Gasteiger partial charge in [-0.1, -0.05) is 23.7 Å². The lowest BCUT2D eigenvalue weighted by Crippen LogP contribution is -2.45. The summed E-state index contributed by atoms with van der Waals surface area (Å²) in [6.45, 7) is 1.66. The quantitative estimate of drug-likeness (QED) is 0.483. The van der Waals surface area contributed by atoms with Crippen LogP contribution in [0.5, 0.6) is 11.5 Å². The molecular weight excluding hydrogens is 392 g/mol. The minimum atomic E-state index is -0.118. The number of benzene rings is 2. The van der Waals surface area contributed by atoms with E-state index in [0.29, 0.717) is 30.7 Å². The monoisotopic (exact) mass is 418 g/mol. The van der Waals surface area contributed by atoms with Crippen molar-refractivity contribution in [3.63, 3.8) is 0 Å². The number of hydrogen-bond acceptors (Lipinski definition) is 4. The van der Waals surface area contributed by atoms with Gasteiger partial charge in [0.15, 0.2) is 5.96 Å². The molecule has 8 heteroatoms. The number of carbonyl (C=O) groups is 1. The van der Waals surface area contributed by atoms with Crippen LogP contribution >= 0.6 is 11.6 Å². The number of nitrogens with one attached hydrogen (secondary N) is 2. The second-order valence-electron chi connectivity index (χ2n) is 6.25. The average molecular weight is 419 g/mol. The predicted octanol–water partition coefficient (Wildman–Crippen LogP) is 2.55. The number of nitrogens with zero attached hydrogens (tertiary/aromatic N) is 2. The lowest BCUT2D eigenvalue weighted by Gasteiger charge is -2.22. The minimum Gasteiger partial charge on any atom is -0.497 e. The number of guanidine groups is 1. The molecule has 0 saturated carbocycles. The lowest BCUT2D eigenvalue weighted by atomic mass is 10.2. The molecule has 0 bridgehead atoms. The van der Waals surface area contributed by atoms with Crippen molar-refractivity contribution in [1.82, 2.24) is 15.5 Å². The number of rotatable bonds is 9. The van der Waals surface area contributed by atoms with E-state index in [9.17, 15) is 4.79 Å². The molecule has 0 aliphatic heterocycles. The maximum Gasteiger partial charge on any atom is 0.239 e. The first-order valence-electron chi connectivity index (χ1n) is 9.21. The third kappa shape index (κ3) is 7.91. The minimum absolute atomic E-state index is 0.118. The second-order valence-corrected chi connectivity index (χ2v) is 6.69. The van der Waals surface area contributed by atoms with Crippen LogP contribution in [-0.2, 0) is 11.3 Å². The maximum absolute atomic E-state index is 12.1. The molecule has 2 aromatic carbocycles. The van der Waals surface area contributed by atoms with Crippen molar-refractivity contribution in [3.8, 4) is 11.5 Å². The Kier molecular flexibility index (Phi) is 9.11. The van der Waals surface area contributed by atoms with Crippen molar-refractivity contribution in [3.05, 3.63) is 59.1 Å². The van der Waals surface area contributed by atoms with Gasteiger partial charge in [0.05, 0.1) is 20.2 Å². The third-order valence-corrected chi connectivity index (χ3v) is 4.39. The average Bonchev–Trinajstić information content (AvgIpc) is 2.74. The molecule has 0 heterocycles. The number of amides is 1. The van der Waals surface area contributed by atoms with Crippen LogP contribution < -0.4 is 20.1 Å². The number of methoxy groups -OCH3 is 1. The summed E-state index contributed by atoms with van der Waals surface area (Å²) in [5.41, 5.74) is 1.000. The molecule has 1 amide bonds. The van der Waals surface area contributed by atoms with Crippen molar-refractivity contribution in [1.29, 1.82) is 0 Å². The Hall–Kier alpha value is -2.93. The molecule has 0 unspecified atom stereocenters. The largest absolute Gasteiger partial charge is 0.497 e. The smallest absolute Gasteiger partial charge is 0.239 e.